The second-order valence-corrected chi connectivity index (χ2v) is 5.29. The predicted molar refractivity (Wildman–Crippen MR) is 67.9 cm³/mol. The average Bonchev–Trinajstić information content (AvgIpc) is 2.25. The van der Waals surface area contributed by atoms with Crippen LogP contribution in [0.3, 0.4) is 0 Å². The van der Waals surface area contributed by atoms with Crippen molar-refractivity contribution in [1.29, 1.82) is 0 Å². The van der Waals surface area contributed by atoms with Crippen LogP contribution in [-0.2, 0) is 0 Å². The Morgan fingerprint density at radius 3 is 2.25 bits per heavy atom. The molecule has 0 radical (unpaired) electrons. The number of halogens is 1. The van der Waals surface area contributed by atoms with Gasteiger partial charge in [0, 0.05) is 0 Å². The normalized spacial score (nSPS) is 20.3. The molecule has 1 fully saturated rings. The highest BCUT2D eigenvalue weighted by Crippen LogP contribution is 2.19. The van der Waals surface area contributed by atoms with Gasteiger partial charge in [0.1, 0.15) is 6.54 Å². The number of allylic oxidation sites excluding steroid dienone is 1. The third kappa shape index (κ3) is 5.36. The van der Waals surface area contributed by atoms with Crippen molar-refractivity contribution < 1.29 is 16.9 Å². The molecule has 96 valence electrons. The van der Waals surface area contributed by atoms with E-state index in [0.717, 1.165) is 0 Å². The third-order valence-electron chi connectivity index (χ3n) is 3.66. The number of hydrogen-bond donors (Lipinski definition) is 0. The monoisotopic (exact) mass is 245 g/mol. The van der Waals surface area contributed by atoms with E-state index in [2.05, 4.69) is 27.0 Å². The Labute approximate surface area is 108 Å². The lowest BCUT2D eigenvalue weighted by Crippen LogP contribution is -3.00. The maximum atomic E-state index is 2.48. The Balaban J connectivity index is 0.00000225. The summed E-state index contributed by atoms with van der Waals surface area (Å²) in [4.78, 5) is 0. The molecule has 1 rings (SSSR count). The second kappa shape index (κ2) is 8.14. The lowest BCUT2D eigenvalue weighted by molar-refractivity contribution is -0.909. The highest BCUT2D eigenvalue weighted by molar-refractivity contribution is 5.01. The molecule has 0 aliphatic carbocycles. The van der Waals surface area contributed by atoms with Gasteiger partial charge in [0.15, 0.2) is 0 Å². The van der Waals surface area contributed by atoms with Crippen molar-refractivity contribution in [3.05, 3.63) is 11.6 Å². The number of hydrogen-bond acceptors (Lipinski definition) is 0. The number of unbranched alkanes of at least 4 members (excludes halogenated alkanes) is 1. The summed E-state index contributed by atoms with van der Waals surface area (Å²) in [5.41, 5.74) is 1.68. The molecule has 1 heterocycles. The molecule has 16 heavy (non-hydrogen) atoms. The van der Waals surface area contributed by atoms with Crippen LogP contribution in [0.2, 0.25) is 0 Å². The molecule has 0 aromatic carbocycles. The minimum Gasteiger partial charge on any atom is -1.00 e. The van der Waals surface area contributed by atoms with Crippen LogP contribution in [0, 0.1) is 0 Å². The van der Waals surface area contributed by atoms with Crippen molar-refractivity contribution in [3.8, 4) is 0 Å². The highest BCUT2D eigenvalue weighted by atomic mass is 35.5. The van der Waals surface area contributed by atoms with Crippen molar-refractivity contribution in [2.75, 3.05) is 26.7 Å². The molecule has 0 unspecified atom stereocenters. The molecule has 0 spiro atoms. The number of likely N-dealkylation sites (tertiary alicyclic amines) is 1. The zero-order valence-corrected chi connectivity index (χ0v) is 12.0. The van der Waals surface area contributed by atoms with Gasteiger partial charge < -0.3 is 16.9 Å². The van der Waals surface area contributed by atoms with Gasteiger partial charge in [-0.1, -0.05) is 26.3 Å². The molecule has 1 saturated heterocycles. The smallest absolute Gasteiger partial charge is 0.100 e. The van der Waals surface area contributed by atoms with E-state index in [0.29, 0.717) is 0 Å². The minimum atomic E-state index is 0. The summed E-state index contributed by atoms with van der Waals surface area (Å²) in [7, 11) is 2.44. The molecule has 0 bridgehead atoms. The fraction of sp³-hybridized carbons (Fsp3) is 0.857. The topological polar surface area (TPSA) is 0 Å². The van der Waals surface area contributed by atoms with E-state index in [4.69, 9.17) is 0 Å². The van der Waals surface area contributed by atoms with Gasteiger partial charge in [-0.15, -0.1) is 0 Å². The molecule has 0 amide bonds. The maximum absolute atomic E-state index is 2.48. The van der Waals surface area contributed by atoms with Gasteiger partial charge in [-0.25, -0.2) is 0 Å². The van der Waals surface area contributed by atoms with Gasteiger partial charge in [-0.2, -0.15) is 0 Å². The van der Waals surface area contributed by atoms with Crippen LogP contribution < -0.4 is 12.4 Å². The molecular formula is C14H28ClN. The fourth-order valence-electron chi connectivity index (χ4n) is 2.59. The van der Waals surface area contributed by atoms with Crippen molar-refractivity contribution in [2.24, 2.45) is 0 Å². The zero-order valence-electron chi connectivity index (χ0n) is 11.3. The standard InChI is InChI=1S/C14H28N.ClH/c1-4-6-10-14(5-2)13-15(3)11-8-7-9-12-15;/h10H,4-9,11-13H2,1-3H3;1H/q+1;/p-1. The highest BCUT2D eigenvalue weighted by Gasteiger charge is 2.24. The molecule has 0 aromatic rings. The molecular weight excluding hydrogens is 218 g/mol. The van der Waals surface area contributed by atoms with E-state index in [1.807, 2.05) is 0 Å². The Morgan fingerprint density at radius 1 is 1.12 bits per heavy atom. The largest absolute Gasteiger partial charge is 1.00 e. The van der Waals surface area contributed by atoms with E-state index in [1.54, 1.807) is 5.57 Å². The van der Waals surface area contributed by atoms with Crippen molar-refractivity contribution >= 4 is 0 Å². The molecule has 0 aromatic heterocycles. The van der Waals surface area contributed by atoms with Crippen LogP contribution in [0.1, 0.15) is 52.4 Å². The first kappa shape index (κ1) is 16.0. The van der Waals surface area contributed by atoms with Gasteiger partial charge in [0.05, 0.1) is 20.1 Å². The SMILES string of the molecule is CCCC=C(CC)C[N+]1(C)CCCCC1.[Cl-]. The molecule has 2 heteroatoms. The summed E-state index contributed by atoms with van der Waals surface area (Å²) in [6.45, 7) is 8.65. The Morgan fingerprint density at radius 2 is 1.75 bits per heavy atom. The van der Waals surface area contributed by atoms with Gasteiger partial charge in [0.25, 0.3) is 0 Å². The predicted octanol–water partition coefficient (Wildman–Crippen LogP) is 0.757. The lowest BCUT2D eigenvalue weighted by Gasteiger charge is -2.38. The van der Waals surface area contributed by atoms with Crippen LogP contribution in [0.15, 0.2) is 11.6 Å². The first-order chi connectivity index (χ1) is 7.20. The summed E-state index contributed by atoms with van der Waals surface area (Å²) >= 11 is 0. The number of likely N-dealkylation sites (N-methyl/N-ethyl adjacent to an activating group) is 1. The van der Waals surface area contributed by atoms with Crippen molar-refractivity contribution in [1.82, 2.24) is 0 Å². The summed E-state index contributed by atoms with van der Waals surface area (Å²) in [5, 5.41) is 0. The second-order valence-electron chi connectivity index (χ2n) is 5.29. The number of piperidine rings is 1. The van der Waals surface area contributed by atoms with Crippen LogP contribution in [0.4, 0.5) is 0 Å². The van der Waals surface area contributed by atoms with Gasteiger partial charge in [0.2, 0.25) is 0 Å². The summed E-state index contributed by atoms with van der Waals surface area (Å²) in [6, 6.07) is 0. The first-order valence-electron chi connectivity index (χ1n) is 6.71. The quantitative estimate of drug-likeness (QED) is 0.496. The van der Waals surface area contributed by atoms with E-state index < -0.39 is 0 Å². The summed E-state index contributed by atoms with van der Waals surface area (Å²) in [6.07, 6.45) is 10.6. The Kier molecular flexibility index (Phi) is 8.13. The van der Waals surface area contributed by atoms with E-state index in [9.17, 15) is 0 Å². The molecule has 0 saturated carbocycles. The van der Waals surface area contributed by atoms with Gasteiger partial charge in [-0.3, -0.25) is 0 Å². The first-order valence-corrected chi connectivity index (χ1v) is 6.71. The van der Waals surface area contributed by atoms with Gasteiger partial charge >= 0.3 is 0 Å². The maximum Gasteiger partial charge on any atom is 0.100 e. The van der Waals surface area contributed by atoms with Gasteiger partial charge in [-0.05, 0) is 37.7 Å². The molecule has 0 N–H and O–H groups in total. The average molecular weight is 246 g/mol. The summed E-state index contributed by atoms with van der Waals surface area (Å²) < 4.78 is 1.30. The minimum absolute atomic E-state index is 0. The lowest BCUT2D eigenvalue weighted by atomic mass is 10.0. The van der Waals surface area contributed by atoms with E-state index in [-0.39, 0.29) is 12.4 Å². The third-order valence-corrected chi connectivity index (χ3v) is 3.66. The number of quaternary nitrogens is 1. The number of nitrogens with zero attached hydrogens (tertiary/aromatic N) is 1. The molecule has 1 aliphatic rings. The van der Waals surface area contributed by atoms with E-state index in [1.165, 1.54) is 62.6 Å². The number of rotatable bonds is 5. The Bertz CT molecular complexity index is 205. The molecule has 0 atom stereocenters. The van der Waals surface area contributed by atoms with Crippen LogP contribution >= 0.6 is 0 Å². The summed E-state index contributed by atoms with van der Waals surface area (Å²) in [5.74, 6) is 0. The van der Waals surface area contributed by atoms with Crippen LogP contribution in [0.5, 0.6) is 0 Å². The van der Waals surface area contributed by atoms with Crippen molar-refractivity contribution in [3.63, 3.8) is 0 Å². The molecule has 1 aliphatic heterocycles. The fourth-order valence-corrected chi connectivity index (χ4v) is 2.59. The zero-order chi connectivity index (χ0) is 11.1. The van der Waals surface area contributed by atoms with Crippen LogP contribution in [0.25, 0.3) is 0 Å². The molecule has 1 nitrogen and oxygen atoms in total. The van der Waals surface area contributed by atoms with Crippen LogP contribution in [-0.4, -0.2) is 31.2 Å². The van der Waals surface area contributed by atoms with E-state index >= 15 is 0 Å². The Hall–Kier alpha value is -0.0100. The van der Waals surface area contributed by atoms with Crippen molar-refractivity contribution in [2.45, 2.75) is 52.4 Å².